The molecule has 0 saturated carbocycles. The molecule has 334 valence electrons. The average molecular weight is 838 g/mol. The summed E-state index contributed by atoms with van der Waals surface area (Å²) in [6.07, 6.45) is 1.72. The van der Waals surface area contributed by atoms with Crippen LogP contribution in [-0.2, 0) is 44.7 Å². The summed E-state index contributed by atoms with van der Waals surface area (Å²) in [5, 5.41) is 18.0. The van der Waals surface area contributed by atoms with Gasteiger partial charge in [-0.25, -0.2) is 4.79 Å². The number of amides is 6. The summed E-state index contributed by atoms with van der Waals surface area (Å²) in [4.78, 5) is 103. The minimum Gasteiger partial charge on any atom is -0.451 e. The summed E-state index contributed by atoms with van der Waals surface area (Å²) in [5.41, 5.74) is 0.755. The Bertz CT molecular complexity index is 1650. The molecule has 1 fully saturated rings. The Hall–Kier alpha value is -5.00. The number of nitrogens with one attached hydrogen (secondary N) is 3. The van der Waals surface area contributed by atoms with Crippen molar-refractivity contribution in [3.63, 3.8) is 0 Å². The third-order valence-electron chi connectivity index (χ3n) is 11.2. The first-order valence-electron chi connectivity index (χ1n) is 21.6. The van der Waals surface area contributed by atoms with Gasteiger partial charge in [0.25, 0.3) is 5.91 Å². The van der Waals surface area contributed by atoms with Gasteiger partial charge in [0.15, 0.2) is 6.10 Å². The highest BCUT2D eigenvalue weighted by Gasteiger charge is 2.40. The van der Waals surface area contributed by atoms with Crippen LogP contribution in [0.1, 0.15) is 119 Å². The van der Waals surface area contributed by atoms with E-state index in [0.717, 1.165) is 29.7 Å². The molecule has 15 nitrogen and oxygen atoms in total. The van der Waals surface area contributed by atoms with E-state index in [-0.39, 0.29) is 62.7 Å². The van der Waals surface area contributed by atoms with Crippen molar-refractivity contribution < 1.29 is 38.3 Å². The van der Waals surface area contributed by atoms with E-state index in [2.05, 4.69) is 22.9 Å². The second-order valence-corrected chi connectivity index (χ2v) is 17.2. The van der Waals surface area contributed by atoms with Gasteiger partial charge in [-0.05, 0) is 55.9 Å². The van der Waals surface area contributed by atoms with Crippen molar-refractivity contribution in [3.05, 3.63) is 35.9 Å². The zero-order chi connectivity index (χ0) is 45.3. The SMILES string of the molecule is CCCC[C@@H](C)CC1NC(=O)C(CCC#N)OC(=O)[C@H](C)N(C)C(=O)[C@H](CC)NC(=O)C(Cc2ccccc2)N(C)C(=O)C(CC(C)C)NC(=O)C(CC(C)C)N(C)C1=O. The molecule has 5 unspecified atom stereocenters. The molecule has 1 saturated heterocycles. The van der Waals surface area contributed by atoms with E-state index in [1.165, 1.54) is 37.9 Å². The molecule has 15 heteroatoms. The van der Waals surface area contributed by atoms with Crippen molar-refractivity contribution in [1.29, 1.82) is 5.26 Å². The normalized spacial score (nSPS) is 25.3. The van der Waals surface area contributed by atoms with E-state index in [0.29, 0.717) is 0 Å². The quantitative estimate of drug-likeness (QED) is 0.231. The first-order chi connectivity index (χ1) is 28.3. The Morgan fingerprint density at radius 2 is 1.22 bits per heavy atom. The second kappa shape index (κ2) is 24.9. The van der Waals surface area contributed by atoms with Gasteiger partial charge in [0.05, 0.1) is 6.07 Å². The van der Waals surface area contributed by atoms with E-state index in [4.69, 9.17) is 4.74 Å². The number of esters is 1. The highest BCUT2D eigenvalue weighted by Crippen LogP contribution is 2.21. The minimum atomic E-state index is -1.47. The standard InChI is InChI=1S/C45H71N7O8/c1-12-14-19-30(7)26-35-44(58)51(10)36(25-29(5)6)39(53)48-34(24-28(3)4)43(57)52(11)37(27-32-20-16-15-17-21-32)40(54)47-33(13-2)42(56)50(9)31(8)45(59)60-38(22-18-23-46)41(55)49-35/h15-17,20-21,28-31,33-38H,12-14,18-19,22,24-27H2,1-11H3,(H,47,54)(H,48,53)(H,49,55)/t30-,31+,33+,34?,35?,36?,37?,38?/m1/s1. The summed E-state index contributed by atoms with van der Waals surface area (Å²) in [7, 11) is 4.38. The molecule has 3 N–H and O–H groups in total. The fourth-order valence-electron chi connectivity index (χ4n) is 7.33. The molecule has 1 aliphatic rings. The molecule has 0 bridgehead atoms. The number of cyclic esters (lactones) is 1. The van der Waals surface area contributed by atoms with Crippen LogP contribution < -0.4 is 16.0 Å². The highest BCUT2D eigenvalue weighted by atomic mass is 16.5. The molecule has 0 radical (unpaired) electrons. The van der Waals surface area contributed by atoms with Gasteiger partial charge >= 0.3 is 5.97 Å². The van der Waals surface area contributed by atoms with Crippen molar-refractivity contribution >= 4 is 41.4 Å². The summed E-state index contributed by atoms with van der Waals surface area (Å²) < 4.78 is 5.69. The number of hydrogen-bond donors (Lipinski definition) is 3. The minimum absolute atomic E-state index is 0.0190. The van der Waals surface area contributed by atoms with Crippen molar-refractivity contribution in [2.75, 3.05) is 21.1 Å². The number of benzene rings is 1. The van der Waals surface area contributed by atoms with Crippen molar-refractivity contribution in [2.45, 2.75) is 162 Å². The van der Waals surface area contributed by atoms with Crippen LogP contribution in [0, 0.1) is 29.1 Å². The third-order valence-corrected chi connectivity index (χ3v) is 11.2. The number of unbranched alkanes of at least 4 members (excludes halogenated alkanes) is 1. The monoisotopic (exact) mass is 838 g/mol. The van der Waals surface area contributed by atoms with Crippen LogP contribution in [0.3, 0.4) is 0 Å². The zero-order valence-electron chi connectivity index (χ0n) is 37.8. The molecule has 0 aliphatic carbocycles. The maximum Gasteiger partial charge on any atom is 0.329 e. The molecule has 1 heterocycles. The molecule has 1 aromatic carbocycles. The number of carbonyl (C=O) groups is 7. The van der Waals surface area contributed by atoms with Gasteiger partial charge in [-0.1, -0.05) is 98.1 Å². The van der Waals surface area contributed by atoms with Crippen LogP contribution in [-0.4, -0.2) is 120 Å². The molecular weight excluding hydrogens is 767 g/mol. The Kier molecular flexibility index (Phi) is 21.3. The molecular formula is C45H71N7O8. The lowest BCUT2D eigenvalue weighted by atomic mass is 9.94. The first kappa shape index (κ1) is 51.1. The van der Waals surface area contributed by atoms with Crippen LogP contribution in [0.5, 0.6) is 0 Å². The third kappa shape index (κ3) is 15.2. The number of ether oxygens (including phenoxy) is 1. The Labute approximate surface area is 357 Å². The summed E-state index contributed by atoms with van der Waals surface area (Å²) in [6.45, 7) is 14.8. The van der Waals surface area contributed by atoms with E-state index in [9.17, 15) is 38.8 Å². The fourth-order valence-corrected chi connectivity index (χ4v) is 7.33. The van der Waals surface area contributed by atoms with Crippen LogP contribution in [0.15, 0.2) is 30.3 Å². The fraction of sp³-hybridized carbons (Fsp3) is 0.689. The summed E-state index contributed by atoms with van der Waals surface area (Å²) >= 11 is 0. The van der Waals surface area contributed by atoms with E-state index >= 15 is 0 Å². The van der Waals surface area contributed by atoms with Gasteiger partial charge < -0.3 is 35.4 Å². The van der Waals surface area contributed by atoms with Gasteiger partial charge in [0.1, 0.15) is 36.3 Å². The number of likely N-dealkylation sites (N-methyl/N-ethyl adjacent to an activating group) is 3. The maximum atomic E-state index is 14.6. The molecule has 1 aromatic rings. The number of rotatable bonds is 14. The topological polar surface area (TPSA) is 198 Å². The van der Waals surface area contributed by atoms with Gasteiger partial charge in [0, 0.05) is 40.4 Å². The predicted molar refractivity (Wildman–Crippen MR) is 229 cm³/mol. The molecule has 0 spiro atoms. The Balaban J connectivity index is 2.82. The van der Waals surface area contributed by atoms with Gasteiger partial charge in [-0.15, -0.1) is 0 Å². The maximum absolute atomic E-state index is 14.6. The van der Waals surface area contributed by atoms with Gasteiger partial charge in [-0.3, -0.25) is 28.8 Å². The average Bonchev–Trinajstić information content (AvgIpc) is 3.21. The van der Waals surface area contributed by atoms with Crippen LogP contribution in [0.2, 0.25) is 0 Å². The first-order valence-corrected chi connectivity index (χ1v) is 21.6. The number of nitriles is 1. The largest absolute Gasteiger partial charge is 0.451 e. The molecule has 60 heavy (non-hydrogen) atoms. The summed E-state index contributed by atoms with van der Waals surface area (Å²) in [5.74, 6) is -4.73. The Morgan fingerprint density at radius 1 is 0.700 bits per heavy atom. The number of carbonyl (C=O) groups excluding carboxylic acids is 7. The van der Waals surface area contributed by atoms with Crippen molar-refractivity contribution in [1.82, 2.24) is 30.7 Å². The van der Waals surface area contributed by atoms with E-state index in [1.54, 1.807) is 6.92 Å². The van der Waals surface area contributed by atoms with Crippen molar-refractivity contribution in [3.8, 4) is 6.07 Å². The molecule has 8 atom stereocenters. The van der Waals surface area contributed by atoms with Gasteiger partial charge in [0.2, 0.25) is 29.5 Å². The lowest BCUT2D eigenvalue weighted by Crippen LogP contribution is -2.60. The number of nitrogens with zero attached hydrogens (tertiary/aromatic N) is 4. The van der Waals surface area contributed by atoms with Crippen molar-refractivity contribution in [2.24, 2.45) is 17.8 Å². The number of hydrogen-bond acceptors (Lipinski definition) is 9. The molecule has 6 amide bonds. The lowest BCUT2D eigenvalue weighted by Gasteiger charge is -2.35. The Morgan fingerprint density at radius 3 is 1.77 bits per heavy atom. The smallest absolute Gasteiger partial charge is 0.329 e. The van der Waals surface area contributed by atoms with Crippen LogP contribution in [0.25, 0.3) is 0 Å². The summed E-state index contributed by atoms with van der Waals surface area (Å²) in [6, 6.07) is 4.40. The second-order valence-electron chi connectivity index (χ2n) is 17.2. The zero-order valence-corrected chi connectivity index (χ0v) is 37.8. The molecule has 1 aliphatic heterocycles. The van der Waals surface area contributed by atoms with Crippen LogP contribution in [0.4, 0.5) is 0 Å². The van der Waals surface area contributed by atoms with E-state index < -0.39 is 83.8 Å². The predicted octanol–water partition coefficient (Wildman–Crippen LogP) is 4.13. The lowest BCUT2D eigenvalue weighted by molar-refractivity contribution is -0.163. The molecule has 0 aromatic heterocycles. The molecule has 2 rings (SSSR count). The van der Waals surface area contributed by atoms with E-state index in [1.807, 2.05) is 71.0 Å². The highest BCUT2D eigenvalue weighted by molar-refractivity contribution is 5.97. The van der Waals surface area contributed by atoms with Crippen LogP contribution >= 0.6 is 0 Å². The van der Waals surface area contributed by atoms with Gasteiger partial charge in [-0.2, -0.15) is 5.26 Å².